The molecule has 19 heavy (non-hydrogen) atoms. The SMILES string of the molecule is C[C@@H](NC(=O)c1ccc(CNC(N)=O)cc1)C(=O)O. The lowest BCUT2D eigenvalue weighted by atomic mass is 10.1. The van der Waals surface area contributed by atoms with Crippen molar-refractivity contribution in [1.29, 1.82) is 0 Å². The molecule has 0 aliphatic rings. The van der Waals surface area contributed by atoms with Gasteiger partial charge >= 0.3 is 12.0 Å². The summed E-state index contributed by atoms with van der Waals surface area (Å²) in [6, 6.07) is 4.80. The Balaban J connectivity index is 2.62. The van der Waals surface area contributed by atoms with Crippen LogP contribution in [0.3, 0.4) is 0 Å². The third-order valence-corrected chi connectivity index (χ3v) is 2.40. The summed E-state index contributed by atoms with van der Waals surface area (Å²) < 4.78 is 0. The maximum Gasteiger partial charge on any atom is 0.325 e. The van der Waals surface area contributed by atoms with Crippen molar-refractivity contribution in [2.45, 2.75) is 19.5 Å². The molecule has 7 nitrogen and oxygen atoms in total. The maximum absolute atomic E-state index is 11.7. The number of carboxylic acid groups (broad SMARTS) is 1. The zero-order valence-electron chi connectivity index (χ0n) is 10.3. The molecule has 0 unspecified atom stereocenters. The average Bonchev–Trinajstić information content (AvgIpc) is 2.36. The van der Waals surface area contributed by atoms with Crippen LogP contribution in [0, 0.1) is 0 Å². The second kappa shape index (κ2) is 6.39. The van der Waals surface area contributed by atoms with Crippen molar-refractivity contribution in [2.24, 2.45) is 5.73 Å². The van der Waals surface area contributed by atoms with E-state index in [4.69, 9.17) is 10.8 Å². The van der Waals surface area contributed by atoms with Gasteiger partial charge in [0.25, 0.3) is 5.91 Å². The fraction of sp³-hybridized carbons (Fsp3) is 0.250. The fourth-order valence-corrected chi connectivity index (χ4v) is 1.30. The van der Waals surface area contributed by atoms with Crippen molar-refractivity contribution >= 4 is 17.9 Å². The number of urea groups is 1. The number of hydrogen-bond donors (Lipinski definition) is 4. The molecule has 0 aliphatic carbocycles. The first kappa shape index (κ1) is 14.5. The maximum atomic E-state index is 11.7. The van der Waals surface area contributed by atoms with Gasteiger partial charge in [-0.1, -0.05) is 12.1 Å². The zero-order chi connectivity index (χ0) is 14.4. The third kappa shape index (κ3) is 4.66. The molecular weight excluding hydrogens is 250 g/mol. The number of benzene rings is 1. The first-order valence-electron chi connectivity index (χ1n) is 5.56. The van der Waals surface area contributed by atoms with Crippen molar-refractivity contribution in [3.8, 4) is 0 Å². The predicted molar refractivity (Wildman–Crippen MR) is 67.4 cm³/mol. The van der Waals surface area contributed by atoms with Crippen LogP contribution in [0.15, 0.2) is 24.3 Å². The molecule has 1 aromatic carbocycles. The first-order chi connectivity index (χ1) is 8.90. The summed E-state index contributed by atoms with van der Waals surface area (Å²) in [4.78, 5) is 32.8. The van der Waals surface area contributed by atoms with Crippen LogP contribution in [0.4, 0.5) is 4.79 Å². The minimum atomic E-state index is -1.10. The lowest BCUT2D eigenvalue weighted by Gasteiger charge is -2.09. The summed E-state index contributed by atoms with van der Waals surface area (Å²) >= 11 is 0. The van der Waals surface area contributed by atoms with Gasteiger partial charge in [0.2, 0.25) is 0 Å². The summed E-state index contributed by atoms with van der Waals surface area (Å²) in [6.07, 6.45) is 0. The quantitative estimate of drug-likeness (QED) is 0.601. The van der Waals surface area contributed by atoms with Gasteiger partial charge in [0.05, 0.1) is 0 Å². The Morgan fingerprint density at radius 2 is 1.84 bits per heavy atom. The molecule has 1 aromatic rings. The summed E-state index contributed by atoms with van der Waals surface area (Å²) in [7, 11) is 0. The summed E-state index contributed by atoms with van der Waals surface area (Å²) in [5, 5.41) is 13.4. The highest BCUT2D eigenvalue weighted by Gasteiger charge is 2.14. The number of nitrogens with two attached hydrogens (primary N) is 1. The van der Waals surface area contributed by atoms with Gasteiger partial charge in [-0.25, -0.2) is 4.79 Å². The average molecular weight is 265 g/mol. The van der Waals surface area contributed by atoms with Gasteiger partial charge in [-0.05, 0) is 24.6 Å². The van der Waals surface area contributed by atoms with E-state index in [1.54, 1.807) is 24.3 Å². The molecule has 0 spiro atoms. The van der Waals surface area contributed by atoms with Crippen LogP contribution in [0.25, 0.3) is 0 Å². The molecule has 1 rings (SSSR count). The van der Waals surface area contributed by atoms with Crippen molar-refractivity contribution in [3.63, 3.8) is 0 Å². The number of carbonyl (C=O) groups excluding carboxylic acids is 2. The number of rotatable bonds is 5. The highest BCUT2D eigenvalue weighted by Crippen LogP contribution is 2.04. The molecule has 0 saturated carbocycles. The van der Waals surface area contributed by atoms with Crippen molar-refractivity contribution in [3.05, 3.63) is 35.4 Å². The van der Waals surface area contributed by atoms with E-state index in [0.29, 0.717) is 5.56 Å². The lowest BCUT2D eigenvalue weighted by Crippen LogP contribution is -2.38. The van der Waals surface area contributed by atoms with E-state index in [1.165, 1.54) is 6.92 Å². The van der Waals surface area contributed by atoms with Crippen molar-refractivity contribution in [1.82, 2.24) is 10.6 Å². The molecule has 0 heterocycles. The fourth-order valence-electron chi connectivity index (χ4n) is 1.30. The van der Waals surface area contributed by atoms with Crippen LogP contribution in [0.2, 0.25) is 0 Å². The summed E-state index contributed by atoms with van der Waals surface area (Å²) in [5.41, 5.74) is 6.05. The van der Waals surface area contributed by atoms with E-state index in [-0.39, 0.29) is 6.54 Å². The van der Waals surface area contributed by atoms with Crippen LogP contribution in [-0.2, 0) is 11.3 Å². The third-order valence-electron chi connectivity index (χ3n) is 2.40. The van der Waals surface area contributed by atoms with Gasteiger partial charge in [-0.2, -0.15) is 0 Å². The highest BCUT2D eigenvalue weighted by molar-refractivity contribution is 5.96. The molecule has 102 valence electrons. The van der Waals surface area contributed by atoms with Crippen LogP contribution in [0.5, 0.6) is 0 Å². The lowest BCUT2D eigenvalue weighted by molar-refractivity contribution is -0.138. The Hall–Kier alpha value is -2.57. The second-order valence-electron chi connectivity index (χ2n) is 3.95. The molecule has 0 bridgehead atoms. The smallest absolute Gasteiger partial charge is 0.325 e. The predicted octanol–water partition coefficient (Wildman–Crippen LogP) is 0.0578. The van der Waals surface area contributed by atoms with Gasteiger partial charge in [-0.15, -0.1) is 0 Å². The van der Waals surface area contributed by atoms with E-state index >= 15 is 0 Å². The molecule has 0 aromatic heterocycles. The number of aliphatic carboxylic acids is 1. The monoisotopic (exact) mass is 265 g/mol. The van der Waals surface area contributed by atoms with Crippen LogP contribution in [-0.4, -0.2) is 29.1 Å². The Labute approximate surface area is 109 Å². The molecule has 3 amide bonds. The second-order valence-corrected chi connectivity index (χ2v) is 3.95. The Kier molecular flexibility index (Phi) is 4.87. The Bertz CT molecular complexity index is 484. The van der Waals surface area contributed by atoms with Crippen LogP contribution < -0.4 is 16.4 Å². The summed E-state index contributed by atoms with van der Waals surface area (Å²) in [6.45, 7) is 1.65. The van der Waals surface area contributed by atoms with E-state index in [9.17, 15) is 14.4 Å². The molecule has 7 heteroatoms. The topological polar surface area (TPSA) is 122 Å². The van der Waals surface area contributed by atoms with E-state index in [0.717, 1.165) is 5.56 Å². The van der Waals surface area contributed by atoms with Crippen molar-refractivity contribution in [2.75, 3.05) is 0 Å². The Morgan fingerprint density at radius 1 is 1.26 bits per heavy atom. The number of nitrogens with one attached hydrogen (secondary N) is 2. The van der Waals surface area contributed by atoms with Gasteiger partial charge < -0.3 is 21.5 Å². The molecule has 0 fully saturated rings. The van der Waals surface area contributed by atoms with Crippen molar-refractivity contribution < 1.29 is 19.5 Å². The van der Waals surface area contributed by atoms with Gasteiger partial charge in [-0.3, -0.25) is 9.59 Å². The number of carboxylic acids is 1. The minimum absolute atomic E-state index is 0.267. The van der Waals surface area contributed by atoms with Crippen LogP contribution >= 0.6 is 0 Å². The zero-order valence-corrected chi connectivity index (χ0v) is 10.3. The standard InChI is InChI=1S/C12H15N3O4/c1-7(11(17)18)15-10(16)9-4-2-8(3-5-9)6-14-12(13)19/h2-5,7H,6H2,1H3,(H,15,16)(H,17,18)(H3,13,14,19)/t7-/m1/s1. The summed E-state index contributed by atoms with van der Waals surface area (Å²) in [5.74, 6) is -1.57. The van der Waals surface area contributed by atoms with Gasteiger partial charge in [0.1, 0.15) is 6.04 Å². The first-order valence-corrected chi connectivity index (χ1v) is 5.56. The molecule has 0 radical (unpaired) electrons. The molecule has 0 aliphatic heterocycles. The number of amides is 3. The normalized spacial score (nSPS) is 11.4. The van der Waals surface area contributed by atoms with E-state index in [1.807, 2.05) is 0 Å². The number of primary amides is 1. The molecular formula is C12H15N3O4. The molecule has 5 N–H and O–H groups in total. The Morgan fingerprint density at radius 3 is 2.32 bits per heavy atom. The largest absolute Gasteiger partial charge is 0.480 e. The molecule has 1 atom stereocenters. The number of carbonyl (C=O) groups is 3. The van der Waals surface area contributed by atoms with Crippen LogP contribution in [0.1, 0.15) is 22.8 Å². The van der Waals surface area contributed by atoms with E-state index < -0.39 is 23.9 Å². The molecule has 0 saturated heterocycles. The minimum Gasteiger partial charge on any atom is -0.480 e. The number of hydrogen-bond acceptors (Lipinski definition) is 3. The highest BCUT2D eigenvalue weighted by atomic mass is 16.4. The van der Waals surface area contributed by atoms with E-state index in [2.05, 4.69) is 10.6 Å². The van der Waals surface area contributed by atoms with Gasteiger partial charge in [0.15, 0.2) is 0 Å². The van der Waals surface area contributed by atoms with Gasteiger partial charge in [0, 0.05) is 12.1 Å².